The van der Waals surface area contributed by atoms with Crippen molar-refractivity contribution in [3.63, 3.8) is 0 Å². The summed E-state index contributed by atoms with van der Waals surface area (Å²) in [6.45, 7) is 0. The number of hydrogen-bond acceptors (Lipinski definition) is 7. The first-order valence-corrected chi connectivity index (χ1v) is 12.6. The number of aliphatic imine (C=N–C) groups is 1. The Balaban J connectivity index is 1.71. The topological polar surface area (TPSA) is 109 Å². The van der Waals surface area contributed by atoms with E-state index in [4.69, 9.17) is 49.9 Å². The average molecular weight is 585 g/mol. The first kappa shape index (κ1) is 28.0. The molecule has 0 radical (unpaired) electrons. The predicted molar refractivity (Wildman–Crippen MR) is 154 cm³/mol. The van der Waals surface area contributed by atoms with Gasteiger partial charge in [-0.2, -0.15) is 0 Å². The van der Waals surface area contributed by atoms with Gasteiger partial charge in [0, 0.05) is 33.9 Å². The van der Waals surface area contributed by atoms with Gasteiger partial charge in [0.2, 0.25) is 6.17 Å². The lowest BCUT2D eigenvalue weighted by molar-refractivity contribution is -0.119. The number of halogens is 2. The number of anilines is 2. The molecule has 1 unspecified atom stereocenters. The van der Waals surface area contributed by atoms with Crippen molar-refractivity contribution in [3.05, 3.63) is 93.0 Å². The molecular formula is C27H22Cl2N4O5S. The van der Waals surface area contributed by atoms with E-state index >= 15 is 0 Å². The highest BCUT2D eigenvalue weighted by Gasteiger charge is 2.31. The van der Waals surface area contributed by atoms with Crippen LogP contribution in [0.25, 0.3) is 0 Å². The molecule has 0 saturated carbocycles. The van der Waals surface area contributed by atoms with Crippen LogP contribution in [-0.4, -0.2) is 56.1 Å². The summed E-state index contributed by atoms with van der Waals surface area (Å²) in [6.07, 6.45) is -1.16. The Morgan fingerprint density at radius 2 is 1.59 bits per heavy atom. The number of carbonyl (C=O) groups is 3. The molecule has 0 aliphatic carbocycles. The van der Waals surface area contributed by atoms with Gasteiger partial charge in [0.05, 0.1) is 36.7 Å². The highest BCUT2D eigenvalue weighted by atomic mass is 35.5. The van der Waals surface area contributed by atoms with Crippen LogP contribution in [-0.2, 0) is 14.3 Å². The minimum atomic E-state index is -1.16. The van der Waals surface area contributed by atoms with Crippen LogP contribution in [0.1, 0.15) is 31.8 Å². The van der Waals surface area contributed by atoms with Gasteiger partial charge in [0.25, 0.3) is 5.91 Å². The van der Waals surface area contributed by atoms with Crippen LogP contribution in [0.5, 0.6) is 0 Å². The molecule has 3 aromatic rings. The molecule has 200 valence electrons. The number of thiocarbonyl (C=S) groups is 1. The third-order valence-electron chi connectivity index (χ3n) is 5.83. The smallest absolute Gasteiger partial charge is 0.337 e. The number of rotatable bonds is 5. The maximum atomic E-state index is 13.5. The zero-order valence-electron chi connectivity index (χ0n) is 21.0. The number of amides is 1. The summed E-state index contributed by atoms with van der Waals surface area (Å²) in [4.78, 5) is 43.9. The average Bonchev–Trinajstić information content (AvgIpc) is 3.02. The molecule has 39 heavy (non-hydrogen) atoms. The molecule has 12 heteroatoms. The molecule has 4 rings (SSSR count). The highest BCUT2D eigenvalue weighted by molar-refractivity contribution is 7.80. The van der Waals surface area contributed by atoms with Gasteiger partial charge in [0.1, 0.15) is 0 Å². The monoisotopic (exact) mass is 584 g/mol. The number of benzodiazepines with no additional fused rings is 1. The van der Waals surface area contributed by atoms with Gasteiger partial charge in [-0.05, 0) is 54.7 Å². The minimum Gasteiger partial charge on any atom is -0.465 e. The van der Waals surface area contributed by atoms with Crippen molar-refractivity contribution in [1.29, 1.82) is 0 Å². The number of likely N-dealkylation sites (N-methyl/N-ethyl adjacent to an activating group) is 1. The number of hydrogen-bond donors (Lipinski definition) is 2. The molecule has 0 saturated heterocycles. The van der Waals surface area contributed by atoms with Gasteiger partial charge in [0.15, 0.2) is 5.11 Å². The van der Waals surface area contributed by atoms with Crippen molar-refractivity contribution in [2.24, 2.45) is 4.99 Å². The number of carbonyl (C=O) groups excluding carboxylic acids is 3. The van der Waals surface area contributed by atoms with Gasteiger partial charge < -0.3 is 25.0 Å². The number of nitrogens with one attached hydrogen (secondary N) is 2. The third kappa shape index (κ3) is 6.03. The Morgan fingerprint density at radius 1 is 0.949 bits per heavy atom. The molecule has 1 atom stereocenters. The number of methoxy groups -OCH3 is 2. The highest BCUT2D eigenvalue weighted by Crippen LogP contribution is 2.32. The van der Waals surface area contributed by atoms with Gasteiger partial charge in [-0.25, -0.2) is 14.6 Å². The van der Waals surface area contributed by atoms with Crippen LogP contribution < -0.4 is 15.5 Å². The Labute approximate surface area is 239 Å². The number of benzene rings is 3. The SMILES string of the molecule is COC(=O)c1cc(NC(=S)NC2N=C(c3ccccc3Cl)c3cc(Cl)ccc3N(C)C2=O)cc(C(=O)OC)c1. The van der Waals surface area contributed by atoms with Crippen molar-refractivity contribution in [1.82, 2.24) is 5.32 Å². The van der Waals surface area contributed by atoms with Gasteiger partial charge in [-0.15, -0.1) is 0 Å². The lowest BCUT2D eigenvalue weighted by atomic mass is 10.00. The molecule has 0 aromatic heterocycles. The van der Waals surface area contributed by atoms with Crippen molar-refractivity contribution < 1.29 is 23.9 Å². The molecule has 1 heterocycles. The maximum Gasteiger partial charge on any atom is 0.337 e. The van der Waals surface area contributed by atoms with Crippen LogP contribution in [0.3, 0.4) is 0 Å². The first-order chi connectivity index (χ1) is 18.6. The Kier molecular flexibility index (Phi) is 8.49. The fraction of sp³-hybridized carbons (Fsp3) is 0.148. The van der Waals surface area contributed by atoms with E-state index in [1.165, 1.54) is 37.3 Å². The standard InChI is InChI=1S/C27H22Cl2N4O5S/c1-33-21-9-8-16(28)13-19(21)22(18-6-4-5-7-20(18)29)31-23(24(33)34)32-27(39)30-17-11-14(25(35)37-2)10-15(12-17)26(36)38-3/h4-13,23H,1-3H3,(H2,30,32,39). The zero-order valence-corrected chi connectivity index (χ0v) is 23.3. The van der Waals surface area contributed by atoms with E-state index in [9.17, 15) is 14.4 Å². The van der Waals surface area contributed by atoms with Crippen LogP contribution >= 0.6 is 35.4 Å². The molecule has 2 N–H and O–H groups in total. The van der Waals surface area contributed by atoms with E-state index in [1.807, 2.05) is 6.07 Å². The summed E-state index contributed by atoms with van der Waals surface area (Å²) in [5, 5.41) is 6.72. The normalized spacial score (nSPS) is 14.5. The van der Waals surface area contributed by atoms with Crippen LogP contribution in [0.4, 0.5) is 11.4 Å². The fourth-order valence-corrected chi connectivity index (χ4v) is 4.60. The van der Waals surface area contributed by atoms with Gasteiger partial charge in [-0.1, -0.05) is 41.4 Å². The second-order valence-electron chi connectivity index (χ2n) is 8.30. The molecule has 1 aliphatic heterocycles. The Bertz CT molecular complexity index is 1490. The summed E-state index contributed by atoms with van der Waals surface area (Å²) < 4.78 is 9.55. The summed E-state index contributed by atoms with van der Waals surface area (Å²) >= 11 is 18.3. The predicted octanol–water partition coefficient (Wildman–Crippen LogP) is 4.69. The van der Waals surface area contributed by atoms with Gasteiger partial charge >= 0.3 is 11.9 Å². The molecule has 1 amide bonds. The zero-order chi connectivity index (χ0) is 28.3. The molecule has 9 nitrogen and oxygen atoms in total. The Morgan fingerprint density at radius 3 is 2.21 bits per heavy atom. The quantitative estimate of drug-likeness (QED) is 0.328. The minimum absolute atomic E-state index is 0.00540. The summed E-state index contributed by atoms with van der Waals surface area (Å²) in [5.41, 5.74) is 2.73. The third-order valence-corrected chi connectivity index (χ3v) is 6.61. The number of esters is 2. The number of fused-ring (bicyclic) bond motifs is 1. The molecule has 3 aromatic carbocycles. The van der Waals surface area contributed by atoms with Crippen molar-refractivity contribution in [3.8, 4) is 0 Å². The van der Waals surface area contributed by atoms with E-state index in [1.54, 1.807) is 43.4 Å². The molecule has 1 aliphatic rings. The maximum absolute atomic E-state index is 13.5. The lowest BCUT2D eigenvalue weighted by Gasteiger charge is -2.22. The molecule has 0 fully saturated rings. The number of nitrogens with zero attached hydrogens (tertiary/aromatic N) is 2. The number of ether oxygens (including phenoxy) is 2. The first-order valence-electron chi connectivity index (χ1n) is 11.4. The van der Waals surface area contributed by atoms with Crippen LogP contribution in [0, 0.1) is 0 Å². The molecular weight excluding hydrogens is 563 g/mol. The Hall–Kier alpha value is -3.99. The summed E-state index contributed by atoms with van der Waals surface area (Å²) in [6, 6.07) is 16.5. The van der Waals surface area contributed by atoms with E-state index in [2.05, 4.69) is 10.6 Å². The summed E-state index contributed by atoms with van der Waals surface area (Å²) in [7, 11) is 4.06. The van der Waals surface area contributed by atoms with E-state index in [0.29, 0.717) is 32.6 Å². The largest absolute Gasteiger partial charge is 0.465 e. The second kappa shape index (κ2) is 11.8. The van der Waals surface area contributed by atoms with Crippen molar-refractivity contribution in [2.75, 3.05) is 31.5 Å². The van der Waals surface area contributed by atoms with E-state index in [-0.39, 0.29) is 21.9 Å². The van der Waals surface area contributed by atoms with E-state index < -0.39 is 24.0 Å². The molecule has 0 bridgehead atoms. The van der Waals surface area contributed by atoms with Crippen molar-refractivity contribution >= 4 is 75.5 Å². The van der Waals surface area contributed by atoms with Crippen LogP contribution in [0.15, 0.2) is 65.7 Å². The van der Waals surface area contributed by atoms with E-state index in [0.717, 1.165) is 0 Å². The molecule has 0 spiro atoms. The van der Waals surface area contributed by atoms with Crippen LogP contribution in [0.2, 0.25) is 10.0 Å². The van der Waals surface area contributed by atoms with Gasteiger partial charge in [-0.3, -0.25) is 4.79 Å². The second-order valence-corrected chi connectivity index (χ2v) is 9.55. The van der Waals surface area contributed by atoms with Crippen molar-refractivity contribution in [2.45, 2.75) is 6.17 Å². The lowest BCUT2D eigenvalue weighted by Crippen LogP contribution is -2.47. The summed E-state index contributed by atoms with van der Waals surface area (Å²) in [5.74, 6) is -1.72. The fourth-order valence-electron chi connectivity index (χ4n) is 3.97.